The van der Waals surface area contributed by atoms with Crippen LogP contribution in [0, 0.1) is 0 Å². The van der Waals surface area contributed by atoms with Gasteiger partial charge in [-0.1, -0.05) is 13.8 Å². The fourth-order valence-electron chi connectivity index (χ4n) is 2.36. The van der Waals surface area contributed by atoms with Gasteiger partial charge in [-0.05, 0) is 32.6 Å². The molecule has 3 heteroatoms. The summed E-state index contributed by atoms with van der Waals surface area (Å²) in [4.78, 5) is 2.51. The van der Waals surface area contributed by atoms with Crippen LogP contribution >= 0.6 is 11.8 Å². The summed E-state index contributed by atoms with van der Waals surface area (Å²) in [5, 5.41) is 0.673. The molecule has 0 amide bonds. The van der Waals surface area contributed by atoms with Crippen molar-refractivity contribution in [1.82, 2.24) is 4.90 Å². The normalized spacial score (nSPS) is 35.1. The highest BCUT2D eigenvalue weighted by molar-refractivity contribution is 8.00. The molecule has 14 heavy (non-hydrogen) atoms. The molecule has 3 atom stereocenters. The van der Waals surface area contributed by atoms with Crippen LogP contribution in [0.1, 0.15) is 33.6 Å². The van der Waals surface area contributed by atoms with Gasteiger partial charge in [-0.3, -0.25) is 4.90 Å². The molecule has 2 N–H and O–H groups in total. The number of nitrogens with zero attached hydrogens (tertiary/aromatic N) is 1. The second-order valence-corrected chi connectivity index (χ2v) is 5.89. The van der Waals surface area contributed by atoms with Gasteiger partial charge in [-0.2, -0.15) is 11.8 Å². The minimum Gasteiger partial charge on any atom is -0.329 e. The van der Waals surface area contributed by atoms with Crippen molar-refractivity contribution in [3.05, 3.63) is 0 Å². The Balaban J connectivity index is 2.78. The Morgan fingerprint density at radius 1 is 1.64 bits per heavy atom. The van der Waals surface area contributed by atoms with Crippen molar-refractivity contribution < 1.29 is 0 Å². The van der Waals surface area contributed by atoms with Crippen LogP contribution in [0.15, 0.2) is 0 Å². The van der Waals surface area contributed by atoms with E-state index in [1.165, 1.54) is 18.6 Å². The number of nitrogens with two attached hydrogens (primary N) is 1. The zero-order valence-electron chi connectivity index (χ0n) is 9.92. The molecule has 1 rings (SSSR count). The Hall–Kier alpha value is 0.270. The summed E-state index contributed by atoms with van der Waals surface area (Å²) in [6.45, 7) is 7.66. The Morgan fingerprint density at radius 3 is 2.64 bits per heavy atom. The molecule has 0 aromatic rings. The first kappa shape index (κ1) is 12.3. The molecule has 1 aliphatic heterocycles. The van der Waals surface area contributed by atoms with Crippen LogP contribution in [0.25, 0.3) is 0 Å². The maximum atomic E-state index is 6.00. The van der Waals surface area contributed by atoms with Gasteiger partial charge in [0.25, 0.3) is 0 Å². The fraction of sp³-hybridized carbons (Fsp3) is 1.00. The zero-order chi connectivity index (χ0) is 10.8. The van der Waals surface area contributed by atoms with E-state index in [-0.39, 0.29) is 5.54 Å². The summed E-state index contributed by atoms with van der Waals surface area (Å²) in [6, 6.07) is 0.639. The van der Waals surface area contributed by atoms with Crippen LogP contribution in [-0.2, 0) is 0 Å². The molecule has 0 aromatic carbocycles. The molecule has 1 aliphatic rings. The Labute approximate surface area is 92.6 Å². The maximum Gasteiger partial charge on any atom is 0.0454 e. The topological polar surface area (TPSA) is 29.3 Å². The van der Waals surface area contributed by atoms with E-state index >= 15 is 0 Å². The number of hydrogen-bond acceptors (Lipinski definition) is 3. The van der Waals surface area contributed by atoms with E-state index in [1.54, 1.807) is 0 Å². The van der Waals surface area contributed by atoms with Crippen LogP contribution in [0.4, 0.5) is 0 Å². The van der Waals surface area contributed by atoms with Crippen molar-refractivity contribution in [3.63, 3.8) is 0 Å². The highest BCUT2D eigenvalue weighted by Gasteiger charge is 2.44. The number of thioether (sulfide) groups is 1. The molecule has 0 aliphatic carbocycles. The standard InChI is InChI=1S/C11H24N2S/c1-5-9(2)13(4)11(8-12)6-7-14-10(11)3/h9-10H,5-8,12H2,1-4H3. The molecule has 0 spiro atoms. The lowest BCUT2D eigenvalue weighted by Gasteiger charge is -2.44. The van der Waals surface area contributed by atoms with Crippen molar-refractivity contribution in [3.8, 4) is 0 Å². The van der Waals surface area contributed by atoms with Crippen molar-refractivity contribution in [2.45, 2.75) is 50.4 Å². The maximum absolute atomic E-state index is 6.00. The van der Waals surface area contributed by atoms with Gasteiger partial charge in [0.15, 0.2) is 0 Å². The molecule has 1 heterocycles. The SMILES string of the molecule is CCC(C)N(C)C1(CN)CCSC1C. The van der Waals surface area contributed by atoms with Crippen LogP contribution in [0.3, 0.4) is 0 Å². The summed E-state index contributed by atoms with van der Waals surface area (Å²) in [5.74, 6) is 1.26. The van der Waals surface area contributed by atoms with E-state index in [4.69, 9.17) is 5.73 Å². The quantitative estimate of drug-likeness (QED) is 0.779. The second-order valence-electron chi connectivity index (χ2n) is 4.44. The van der Waals surface area contributed by atoms with Gasteiger partial charge < -0.3 is 5.73 Å². The molecule has 0 aromatic heterocycles. The van der Waals surface area contributed by atoms with E-state index in [0.29, 0.717) is 11.3 Å². The van der Waals surface area contributed by atoms with Gasteiger partial charge in [-0.15, -0.1) is 0 Å². The van der Waals surface area contributed by atoms with Gasteiger partial charge in [0.05, 0.1) is 0 Å². The lowest BCUT2D eigenvalue weighted by atomic mass is 9.89. The van der Waals surface area contributed by atoms with Crippen LogP contribution in [-0.4, -0.2) is 41.1 Å². The molecule has 1 saturated heterocycles. The Bertz CT molecular complexity index is 186. The summed E-state index contributed by atoms with van der Waals surface area (Å²) in [7, 11) is 2.24. The largest absolute Gasteiger partial charge is 0.329 e. The first-order valence-electron chi connectivity index (χ1n) is 5.63. The third-order valence-corrected chi connectivity index (χ3v) is 5.35. The van der Waals surface area contributed by atoms with Crippen molar-refractivity contribution in [1.29, 1.82) is 0 Å². The van der Waals surface area contributed by atoms with Crippen LogP contribution in [0.5, 0.6) is 0 Å². The molecular weight excluding hydrogens is 192 g/mol. The molecule has 0 radical (unpaired) electrons. The molecule has 3 unspecified atom stereocenters. The van der Waals surface area contributed by atoms with E-state index < -0.39 is 0 Å². The highest BCUT2D eigenvalue weighted by Crippen LogP contribution is 2.39. The predicted molar refractivity (Wildman–Crippen MR) is 65.8 cm³/mol. The summed E-state index contributed by atoms with van der Waals surface area (Å²) in [6.07, 6.45) is 2.45. The summed E-state index contributed by atoms with van der Waals surface area (Å²) >= 11 is 2.06. The molecule has 0 saturated carbocycles. The molecular formula is C11H24N2S. The van der Waals surface area contributed by atoms with Crippen molar-refractivity contribution >= 4 is 11.8 Å². The third kappa shape index (κ3) is 1.95. The van der Waals surface area contributed by atoms with Gasteiger partial charge in [0, 0.05) is 23.4 Å². The van der Waals surface area contributed by atoms with Crippen LogP contribution in [0.2, 0.25) is 0 Å². The van der Waals surface area contributed by atoms with E-state index in [1.807, 2.05) is 0 Å². The average Bonchev–Trinajstić information content (AvgIpc) is 2.58. The first-order chi connectivity index (χ1) is 6.58. The number of rotatable bonds is 4. The van der Waals surface area contributed by atoms with Gasteiger partial charge in [0.1, 0.15) is 0 Å². The summed E-state index contributed by atoms with van der Waals surface area (Å²) in [5.41, 5.74) is 6.25. The monoisotopic (exact) mass is 216 g/mol. The van der Waals surface area contributed by atoms with Crippen LogP contribution < -0.4 is 5.73 Å². The van der Waals surface area contributed by atoms with E-state index in [2.05, 4.69) is 44.5 Å². The first-order valence-corrected chi connectivity index (χ1v) is 6.68. The zero-order valence-corrected chi connectivity index (χ0v) is 10.7. The third-order valence-electron chi connectivity index (χ3n) is 3.97. The minimum absolute atomic E-state index is 0.250. The molecule has 2 nitrogen and oxygen atoms in total. The Morgan fingerprint density at radius 2 is 2.29 bits per heavy atom. The highest BCUT2D eigenvalue weighted by atomic mass is 32.2. The average molecular weight is 216 g/mol. The summed E-state index contributed by atoms with van der Waals surface area (Å²) < 4.78 is 0. The smallest absolute Gasteiger partial charge is 0.0454 e. The molecule has 1 fully saturated rings. The van der Waals surface area contributed by atoms with E-state index in [0.717, 1.165) is 6.54 Å². The van der Waals surface area contributed by atoms with Crippen molar-refractivity contribution in [2.24, 2.45) is 5.73 Å². The molecule has 84 valence electrons. The molecule has 0 bridgehead atoms. The number of likely N-dealkylation sites (N-methyl/N-ethyl adjacent to an activating group) is 1. The van der Waals surface area contributed by atoms with Gasteiger partial charge >= 0.3 is 0 Å². The van der Waals surface area contributed by atoms with Gasteiger partial charge in [-0.25, -0.2) is 0 Å². The van der Waals surface area contributed by atoms with Gasteiger partial charge in [0.2, 0.25) is 0 Å². The number of hydrogen-bond donors (Lipinski definition) is 1. The van der Waals surface area contributed by atoms with Crippen molar-refractivity contribution in [2.75, 3.05) is 19.3 Å². The predicted octanol–water partition coefficient (Wildman–Crippen LogP) is 1.94. The fourth-order valence-corrected chi connectivity index (χ4v) is 3.87. The lowest BCUT2D eigenvalue weighted by Crippen LogP contribution is -2.58. The van der Waals surface area contributed by atoms with E-state index in [9.17, 15) is 0 Å². The lowest BCUT2D eigenvalue weighted by molar-refractivity contribution is 0.0861. The Kier molecular flexibility index (Phi) is 4.29. The second kappa shape index (κ2) is 4.86. The minimum atomic E-state index is 0.250.